The average Bonchev–Trinajstić information content (AvgIpc) is 2.84. The van der Waals surface area contributed by atoms with Crippen molar-refractivity contribution in [2.24, 2.45) is 0 Å². The fourth-order valence-electron chi connectivity index (χ4n) is 3.74. The maximum Gasteiger partial charge on any atom is 0.244 e. The van der Waals surface area contributed by atoms with E-state index in [0.717, 1.165) is 21.5 Å². The molecule has 8 nitrogen and oxygen atoms in total. The number of fused-ring (bicyclic) bond motifs is 1. The first kappa shape index (κ1) is 25.0. The summed E-state index contributed by atoms with van der Waals surface area (Å²) >= 11 is 0. The number of rotatable bonds is 9. The van der Waals surface area contributed by atoms with Crippen molar-refractivity contribution < 1.29 is 22.7 Å². The molecule has 3 aromatic rings. The van der Waals surface area contributed by atoms with Gasteiger partial charge in [-0.3, -0.25) is 13.9 Å². The summed E-state index contributed by atoms with van der Waals surface area (Å²) in [6.07, 6.45) is 1.07. The van der Waals surface area contributed by atoms with Crippen LogP contribution in [0.25, 0.3) is 10.8 Å². The molecule has 0 fully saturated rings. The van der Waals surface area contributed by atoms with Crippen molar-refractivity contribution in [3.8, 4) is 5.75 Å². The maximum absolute atomic E-state index is 13.5. The minimum absolute atomic E-state index is 0.130. The van der Waals surface area contributed by atoms with Crippen molar-refractivity contribution in [3.63, 3.8) is 0 Å². The first-order valence-electron chi connectivity index (χ1n) is 10.7. The Bertz CT molecular complexity index is 1270. The number of nitrogens with zero attached hydrogens (tertiary/aromatic N) is 2. The van der Waals surface area contributed by atoms with Gasteiger partial charge in [0.2, 0.25) is 21.8 Å². The Hall–Kier alpha value is -3.59. The summed E-state index contributed by atoms with van der Waals surface area (Å²) in [5, 5.41) is 4.13. The van der Waals surface area contributed by atoms with Gasteiger partial charge in [-0.15, -0.1) is 0 Å². The van der Waals surface area contributed by atoms with Crippen LogP contribution in [0.1, 0.15) is 12.5 Å². The zero-order valence-corrected chi connectivity index (χ0v) is 20.5. The van der Waals surface area contributed by atoms with Crippen molar-refractivity contribution >= 4 is 38.3 Å². The van der Waals surface area contributed by atoms with Gasteiger partial charge < -0.3 is 15.0 Å². The van der Waals surface area contributed by atoms with Crippen LogP contribution in [-0.4, -0.2) is 58.1 Å². The minimum Gasteiger partial charge on any atom is -0.497 e. The summed E-state index contributed by atoms with van der Waals surface area (Å²) < 4.78 is 31.8. The second-order valence-corrected chi connectivity index (χ2v) is 9.83. The number of hydrogen-bond acceptors (Lipinski definition) is 5. The molecule has 0 aliphatic rings. The summed E-state index contributed by atoms with van der Waals surface area (Å²) in [4.78, 5) is 27.3. The van der Waals surface area contributed by atoms with Gasteiger partial charge in [0.25, 0.3) is 0 Å². The van der Waals surface area contributed by atoms with E-state index in [1.807, 2.05) is 30.3 Å². The summed E-state index contributed by atoms with van der Waals surface area (Å²) in [5.74, 6) is -0.177. The van der Waals surface area contributed by atoms with Crippen LogP contribution in [0.3, 0.4) is 0 Å². The highest BCUT2D eigenvalue weighted by molar-refractivity contribution is 7.92. The number of carbonyl (C=O) groups is 2. The predicted molar refractivity (Wildman–Crippen MR) is 133 cm³/mol. The van der Waals surface area contributed by atoms with Gasteiger partial charge in [-0.05, 0) is 36.1 Å². The summed E-state index contributed by atoms with van der Waals surface area (Å²) in [6, 6.07) is 19.0. The molecule has 0 aromatic heterocycles. The molecule has 0 bridgehead atoms. The highest BCUT2D eigenvalue weighted by Gasteiger charge is 2.30. The number of benzene rings is 3. The van der Waals surface area contributed by atoms with Crippen molar-refractivity contribution in [1.29, 1.82) is 0 Å². The highest BCUT2D eigenvalue weighted by Crippen LogP contribution is 2.28. The molecule has 0 aliphatic heterocycles. The normalized spacial score (nSPS) is 12.1. The lowest BCUT2D eigenvalue weighted by molar-refractivity contribution is -0.139. The molecule has 9 heteroatoms. The second kappa shape index (κ2) is 10.6. The van der Waals surface area contributed by atoms with Crippen LogP contribution in [-0.2, 0) is 26.2 Å². The first-order chi connectivity index (χ1) is 16.2. The molecule has 0 saturated carbocycles. The Labute approximate surface area is 200 Å². The maximum atomic E-state index is 13.5. The molecular formula is C25H29N3O5S. The number of amides is 2. The van der Waals surface area contributed by atoms with Crippen LogP contribution in [0, 0.1) is 0 Å². The van der Waals surface area contributed by atoms with E-state index in [4.69, 9.17) is 4.74 Å². The molecule has 0 aliphatic carbocycles. The zero-order chi connectivity index (χ0) is 24.9. The predicted octanol–water partition coefficient (Wildman–Crippen LogP) is 2.78. The third-order valence-electron chi connectivity index (χ3n) is 5.64. The first-order valence-corrected chi connectivity index (χ1v) is 12.6. The Morgan fingerprint density at radius 3 is 2.26 bits per heavy atom. The third kappa shape index (κ3) is 5.66. The Morgan fingerprint density at radius 1 is 1.00 bits per heavy atom. The van der Waals surface area contributed by atoms with E-state index < -0.39 is 28.5 Å². The summed E-state index contributed by atoms with van der Waals surface area (Å²) in [6.45, 7) is 1.30. The molecule has 0 spiro atoms. The van der Waals surface area contributed by atoms with E-state index in [-0.39, 0.29) is 12.5 Å². The molecule has 34 heavy (non-hydrogen) atoms. The molecular weight excluding hydrogens is 454 g/mol. The van der Waals surface area contributed by atoms with Crippen LogP contribution in [0.15, 0.2) is 66.7 Å². The molecule has 3 rings (SSSR count). The number of nitrogens with one attached hydrogen (secondary N) is 1. The highest BCUT2D eigenvalue weighted by atomic mass is 32.2. The van der Waals surface area contributed by atoms with Gasteiger partial charge in [0.15, 0.2) is 0 Å². The Balaban J connectivity index is 1.98. The van der Waals surface area contributed by atoms with E-state index in [2.05, 4.69) is 5.32 Å². The number of methoxy groups -OCH3 is 1. The minimum atomic E-state index is -3.80. The van der Waals surface area contributed by atoms with Crippen LogP contribution >= 0.6 is 0 Å². The van der Waals surface area contributed by atoms with Crippen molar-refractivity contribution in [2.45, 2.75) is 19.5 Å². The van der Waals surface area contributed by atoms with Crippen LogP contribution in [0.4, 0.5) is 5.69 Å². The van der Waals surface area contributed by atoms with Crippen molar-refractivity contribution in [2.75, 3.05) is 31.3 Å². The molecule has 2 amide bonds. The summed E-state index contributed by atoms with van der Waals surface area (Å²) in [7, 11) is -0.748. The number of ether oxygens (including phenoxy) is 1. The van der Waals surface area contributed by atoms with Gasteiger partial charge in [-0.1, -0.05) is 48.5 Å². The molecule has 180 valence electrons. The number of carbonyl (C=O) groups excluding carboxylic acids is 2. The van der Waals surface area contributed by atoms with Gasteiger partial charge in [0.05, 0.1) is 19.1 Å². The third-order valence-corrected chi connectivity index (χ3v) is 6.77. The van der Waals surface area contributed by atoms with Gasteiger partial charge in [0, 0.05) is 19.0 Å². The fraction of sp³-hybridized carbons (Fsp3) is 0.280. The topological polar surface area (TPSA) is 96.0 Å². The molecule has 3 aromatic carbocycles. The monoisotopic (exact) mass is 483 g/mol. The Kier molecular flexibility index (Phi) is 7.78. The zero-order valence-electron chi connectivity index (χ0n) is 19.7. The number of hydrogen-bond donors (Lipinski definition) is 1. The summed E-state index contributed by atoms with van der Waals surface area (Å²) in [5.41, 5.74) is 1.19. The van der Waals surface area contributed by atoms with Crippen LogP contribution in [0.2, 0.25) is 0 Å². The standard InChI is InChI=1S/C25H29N3O5S/c1-18(25(30)26-2)27(16-19-12-14-21(33-3)15-13-19)24(29)17-28(34(4,31)32)23-11-7-9-20-8-5-6-10-22(20)23/h5-15,18H,16-17H2,1-4H3,(H,26,30)/t18-/m0/s1. The lowest BCUT2D eigenvalue weighted by atomic mass is 10.1. The van der Waals surface area contributed by atoms with E-state index in [0.29, 0.717) is 16.8 Å². The molecule has 0 heterocycles. The quantitative estimate of drug-likeness (QED) is 0.505. The second-order valence-electron chi connectivity index (χ2n) is 7.93. The average molecular weight is 484 g/mol. The van der Waals surface area contributed by atoms with E-state index >= 15 is 0 Å². The number of likely N-dealkylation sites (N-methyl/N-ethyl adjacent to an activating group) is 1. The van der Waals surface area contributed by atoms with Crippen molar-refractivity contribution in [1.82, 2.24) is 10.2 Å². The van der Waals surface area contributed by atoms with Gasteiger partial charge in [0.1, 0.15) is 18.3 Å². The van der Waals surface area contributed by atoms with Gasteiger partial charge in [-0.2, -0.15) is 0 Å². The van der Waals surface area contributed by atoms with Crippen molar-refractivity contribution in [3.05, 3.63) is 72.3 Å². The van der Waals surface area contributed by atoms with E-state index in [9.17, 15) is 18.0 Å². The van der Waals surface area contributed by atoms with E-state index in [1.54, 1.807) is 50.4 Å². The van der Waals surface area contributed by atoms with E-state index in [1.165, 1.54) is 11.9 Å². The SMILES string of the molecule is CNC(=O)[C@H](C)N(Cc1ccc(OC)cc1)C(=O)CN(c1cccc2ccccc12)S(C)(=O)=O. The number of sulfonamides is 1. The smallest absolute Gasteiger partial charge is 0.244 e. The number of anilines is 1. The fourth-order valence-corrected chi connectivity index (χ4v) is 4.60. The molecule has 1 N–H and O–H groups in total. The van der Waals surface area contributed by atoms with Crippen LogP contribution in [0.5, 0.6) is 5.75 Å². The largest absolute Gasteiger partial charge is 0.497 e. The lowest BCUT2D eigenvalue weighted by Gasteiger charge is -2.31. The van der Waals surface area contributed by atoms with Gasteiger partial charge >= 0.3 is 0 Å². The Morgan fingerprint density at radius 2 is 1.65 bits per heavy atom. The lowest BCUT2D eigenvalue weighted by Crippen LogP contribution is -2.50. The molecule has 0 radical (unpaired) electrons. The molecule has 0 saturated heterocycles. The van der Waals surface area contributed by atoms with Crippen LogP contribution < -0.4 is 14.4 Å². The molecule has 0 unspecified atom stereocenters. The molecule has 1 atom stereocenters. The van der Waals surface area contributed by atoms with Gasteiger partial charge in [-0.25, -0.2) is 8.42 Å².